The standard InChI is InChI=1S/C13H16Cl2FNO/c1-8(17-5-13(2)6-18-7-13)11-9(14)3-4-10(16)12(11)15/h3-4,8,17H,5-7H2,1-2H3. The van der Waals surface area contributed by atoms with Crippen molar-refractivity contribution < 1.29 is 9.13 Å². The second-order valence-corrected chi connectivity index (χ2v) is 5.95. The second-order valence-electron chi connectivity index (χ2n) is 5.16. The van der Waals surface area contributed by atoms with Gasteiger partial charge in [-0.1, -0.05) is 30.1 Å². The summed E-state index contributed by atoms with van der Waals surface area (Å²) in [6, 6.07) is 2.71. The highest BCUT2D eigenvalue weighted by Gasteiger charge is 2.33. The Labute approximate surface area is 116 Å². The van der Waals surface area contributed by atoms with Crippen molar-refractivity contribution >= 4 is 23.2 Å². The number of benzene rings is 1. The van der Waals surface area contributed by atoms with Gasteiger partial charge in [-0.3, -0.25) is 0 Å². The SMILES string of the molecule is CC(NCC1(C)COC1)c1c(Cl)ccc(F)c1Cl. The van der Waals surface area contributed by atoms with Gasteiger partial charge in [-0.2, -0.15) is 0 Å². The summed E-state index contributed by atoms with van der Waals surface area (Å²) in [5.74, 6) is -0.442. The number of rotatable bonds is 4. The van der Waals surface area contributed by atoms with E-state index in [0.717, 1.165) is 19.8 Å². The Morgan fingerprint density at radius 2 is 2.11 bits per heavy atom. The zero-order chi connectivity index (χ0) is 13.3. The maximum atomic E-state index is 13.4. The lowest BCUT2D eigenvalue weighted by molar-refractivity contribution is -0.0999. The van der Waals surface area contributed by atoms with E-state index in [1.807, 2.05) is 6.92 Å². The third-order valence-corrected chi connectivity index (χ3v) is 3.96. The highest BCUT2D eigenvalue weighted by atomic mass is 35.5. The summed E-state index contributed by atoms with van der Waals surface area (Å²) in [7, 11) is 0. The van der Waals surface area contributed by atoms with Gasteiger partial charge in [0.15, 0.2) is 0 Å². The Balaban J connectivity index is 2.08. The maximum absolute atomic E-state index is 13.4. The normalized spacial score (nSPS) is 19.4. The second kappa shape index (κ2) is 5.33. The van der Waals surface area contributed by atoms with Crippen molar-refractivity contribution in [2.75, 3.05) is 19.8 Å². The lowest BCUT2D eigenvalue weighted by Gasteiger charge is -2.39. The molecule has 0 saturated carbocycles. The summed E-state index contributed by atoms with van der Waals surface area (Å²) in [6.45, 7) is 6.35. The van der Waals surface area contributed by atoms with Gasteiger partial charge in [0.05, 0.1) is 18.2 Å². The molecule has 0 amide bonds. The summed E-state index contributed by atoms with van der Waals surface area (Å²) in [6.07, 6.45) is 0. The lowest BCUT2D eigenvalue weighted by Crippen LogP contribution is -2.47. The molecular weight excluding hydrogens is 276 g/mol. The molecule has 1 saturated heterocycles. The molecule has 1 atom stereocenters. The molecule has 1 fully saturated rings. The molecule has 0 spiro atoms. The molecule has 0 bridgehead atoms. The fourth-order valence-electron chi connectivity index (χ4n) is 1.99. The van der Waals surface area contributed by atoms with E-state index in [9.17, 15) is 4.39 Å². The van der Waals surface area contributed by atoms with Gasteiger partial charge in [0.25, 0.3) is 0 Å². The van der Waals surface area contributed by atoms with Crippen molar-refractivity contribution in [2.24, 2.45) is 5.41 Å². The van der Waals surface area contributed by atoms with Gasteiger partial charge in [0.1, 0.15) is 5.82 Å². The van der Waals surface area contributed by atoms with Crippen molar-refractivity contribution in [2.45, 2.75) is 19.9 Å². The Kier molecular flexibility index (Phi) is 4.17. The predicted octanol–water partition coefficient (Wildman–Crippen LogP) is 3.82. The average molecular weight is 292 g/mol. The largest absolute Gasteiger partial charge is 0.380 e. The summed E-state index contributed by atoms with van der Waals surface area (Å²) >= 11 is 12.0. The van der Waals surface area contributed by atoms with E-state index in [4.69, 9.17) is 27.9 Å². The van der Waals surface area contributed by atoms with Gasteiger partial charge in [-0.25, -0.2) is 4.39 Å². The first-order valence-corrected chi connectivity index (χ1v) is 6.63. The topological polar surface area (TPSA) is 21.3 Å². The van der Waals surface area contributed by atoms with Crippen molar-refractivity contribution in [3.63, 3.8) is 0 Å². The van der Waals surface area contributed by atoms with Gasteiger partial charge in [-0.05, 0) is 19.1 Å². The Morgan fingerprint density at radius 1 is 1.44 bits per heavy atom. The minimum absolute atomic E-state index is 0.0949. The number of ether oxygens (including phenoxy) is 1. The average Bonchev–Trinajstić information content (AvgIpc) is 2.29. The molecular formula is C13H16Cl2FNO. The van der Waals surface area contributed by atoms with Gasteiger partial charge < -0.3 is 10.1 Å². The molecule has 1 aliphatic heterocycles. The summed E-state index contributed by atoms with van der Waals surface area (Å²) in [4.78, 5) is 0. The van der Waals surface area contributed by atoms with Crippen LogP contribution in [0.2, 0.25) is 10.0 Å². The minimum atomic E-state index is -0.442. The van der Waals surface area contributed by atoms with Gasteiger partial charge in [-0.15, -0.1) is 0 Å². The van der Waals surface area contributed by atoms with Gasteiger partial charge in [0.2, 0.25) is 0 Å². The smallest absolute Gasteiger partial charge is 0.142 e. The third kappa shape index (κ3) is 2.80. The molecule has 0 aromatic heterocycles. The van der Waals surface area contributed by atoms with E-state index < -0.39 is 5.82 Å². The Morgan fingerprint density at radius 3 is 2.67 bits per heavy atom. The fourth-order valence-corrected chi connectivity index (χ4v) is 2.69. The molecule has 1 heterocycles. The van der Waals surface area contributed by atoms with Crippen LogP contribution >= 0.6 is 23.2 Å². The van der Waals surface area contributed by atoms with Crippen molar-refractivity contribution in [3.8, 4) is 0 Å². The van der Waals surface area contributed by atoms with E-state index in [1.165, 1.54) is 12.1 Å². The van der Waals surface area contributed by atoms with E-state index in [0.29, 0.717) is 10.6 Å². The van der Waals surface area contributed by atoms with Crippen LogP contribution in [-0.4, -0.2) is 19.8 Å². The number of nitrogens with one attached hydrogen (secondary N) is 1. The van der Waals surface area contributed by atoms with Crippen LogP contribution in [0.25, 0.3) is 0 Å². The van der Waals surface area contributed by atoms with Crippen LogP contribution in [0.1, 0.15) is 25.5 Å². The molecule has 1 aliphatic rings. The number of halogens is 3. The van der Waals surface area contributed by atoms with Crippen LogP contribution in [0, 0.1) is 11.2 Å². The van der Waals surface area contributed by atoms with Crippen LogP contribution in [0.15, 0.2) is 12.1 Å². The summed E-state index contributed by atoms with van der Waals surface area (Å²) in [5, 5.41) is 3.91. The zero-order valence-electron chi connectivity index (χ0n) is 10.4. The van der Waals surface area contributed by atoms with E-state index in [-0.39, 0.29) is 16.5 Å². The maximum Gasteiger partial charge on any atom is 0.142 e. The molecule has 1 N–H and O–H groups in total. The van der Waals surface area contributed by atoms with E-state index >= 15 is 0 Å². The van der Waals surface area contributed by atoms with Crippen molar-refractivity contribution in [3.05, 3.63) is 33.6 Å². The van der Waals surface area contributed by atoms with E-state index in [1.54, 1.807) is 0 Å². The monoisotopic (exact) mass is 291 g/mol. The van der Waals surface area contributed by atoms with E-state index in [2.05, 4.69) is 12.2 Å². The molecule has 18 heavy (non-hydrogen) atoms. The number of hydrogen-bond acceptors (Lipinski definition) is 2. The highest BCUT2D eigenvalue weighted by Crippen LogP contribution is 2.33. The lowest BCUT2D eigenvalue weighted by atomic mass is 9.88. The summed E-state index contributed by atoms with van der Waals surface area (Å²) < 4.78 is 18.6. The van der Waals surface area contributed by atoms with Crippen LogP contribution in [-0.2, 0) is 4.74 Å². The van der Waals surface area contributed by atoms with Gasteiger partial charge >= 0.3 is 0 Å². The molecule has 2 rings (SSSR count). The Hall–Kier alpha value is -0.350. The molecule has 5 heteroatoms. The molecule has 2 nitrogen and oxygen atoms in total. The molecule has 1 aromatic rings. The first kappa shape index (κ1) is 14.1. The van der Waals surface area contributed by atoms with Crippen LogP contribution in [0.4, 0.5) is 4.39 Å². The van der Waals surface area contributed by atoms with Crippen molar-refractivity contribution in [1.29, 1.82) is 0 Å². The predicted molar refractivity (Wildman–Crippen MR) is 71.8 cm³/mol. The quantitative estimate of drug-likeness (QED) is 0.852. The third-order valence-electron chi connectivity index (χ3n) is 3.25. The summed E-state index contributed by atoms with van der Waals surface area (Å²) in [5.41, 5.74) is 0.766. The zero-order valence-corrected chi connectivity index (χ0v) is 11.9. The van der Waals surface area contributed by atoms with Crippen LogP contribution in [0.5, 0.6) is 0 Å². The molecule has 100 valence electrons. The van der Waals surface area contributed by atoms with Crippen LogP contribution < -0.4 is 5.32 Å². The molecule has 0 aliphatic carbocycles. The Bertz CT molecular complexity index is 449. The highest BCUT2D eigenvalue weighted by molar-refractivity contribution is 6.36. The molecule has 1 aromatic carbocycles. The molecule has 1 unspecified atom stereocenters. The minimum Gasteiger partial charge on any atom is -0.380 e. The first-order valence-electron chi connectivity index (χ1n) is 5.87. The van der Waals surface area contributed by atoms with Crippen molar-refractivity contribution in [1.82, 2.24) is 5.32 Å². The molecule has 0 radical (unpaired) electrons. The van der Waals surface area contributed by atoms with Gasteiger partial charge in [0, 0.05) is 28.6 Å². The fraction of sp³-hybridized carbons (Fsp3) is 0.538. The first-order chi connectivity index (χ1) is 8.43. The number of hydrogen-bond donors (Lipinski definition) is 1. The van der Waals surface area contributed by atoms with Crippen LogP contribution in [0.3, 0.4) is 0 Å².